The predicted octanol–water partition coefficient (Wildman–Crippen LogP) is 1.37. The number of imide groups is 1. The lowest BCUT2D eigenvalue weighted by atomic mass is 10.1. The number of halogens is 1. The summed E-state index contributed by atoms with van der Waals surface area (Å²) < 4.78 is 30.2. The number of hydrogen-bond donors (Lipinski definition) is 2. The van der Waals surface area contributed by atoms with Crippen molar-refractivity contribution < 1.29 is 27.5 Å². The maximum Gasteiger partial charge on any atom is 0.338 e. The third kappa shape index (κ3) is 6.81. The fourth-order valence-electron chi connectivity index (χ4n) is 1.77. The van der Waals surface area contributed by atoms with Crippen molar-refractivity contribution >= 4 is 39.5 Å². The lowest BCUT2D eigenvalue weighted by Gasteiger charge is -2.20. The van der Waals surface area contributed by atoms with Gasteiger partial charge in [-0.25, -0.2) is 22.3 Å². The summed E-state index contributed by atoms with van der Waals surface area (Å²) in [6.45, 7) is 4.49. The van der Waals surface area contributed by atoms with Gasteiger partial charge in [0, 0.05) is 19.6 Å². The lowest BCUT2D eigenvalue weighted by molar-refractivity contribution is -0.123. The number of benzene rings is 1. The van der Waals surface area contributed by atoms with Gasteiger partial charge in [-0.15, -0.1) is 0 Å². The first-order valence-corrected chi connectivity index (χ1v) is 9.57. The summed E-state index contributed by atoms with van der Waals surface area (Å²) in [6, 6.07) is 2.84. The molecule has 27 heavy (non-hydrogen) atoms. The monoisotopic (exact) mass is 419 g/mol. The average Bonchev–Trinajstić information content (AvgIpc) is 2.50. The third-order valence-corrected chi connectivity index (χ3v) is 5.30. The summed E-state index contributed by atoms with van der Waals surface area (Å²) in [5.41, 5.74) is -0.648. The Morgan fingerprint density at radius 1 is 1.19 bits per heavy atom. The summed E-state index contributed by atoms with van der Waals surface area (Å²) in [7, 11) is -1.22. The van der Waals surface area contributed by atoms with E-state index in [-0.39, 0.29) is 15.5 Å². The van der Waals surface area contributed by atoms with Crippen LogP contribution in [-0.2, 0) is 19.6 Å². The van der Waals surface area contributed by atoms with Gasteiger partial charge < -0.3 is 10.1 Å². The van der Waals surface area contributed by atoms with Crippen LogP contribution in [0.3, 0.4) is 0 Å². The van der Waals surface area contributed by atoms with Crippen LogP contribution in [-0.4, -0.2) is 56.9 Å². The van der Waals surface area contributed by atoms with E-state index in [0.717, 1.165) is 10.4 Å². The summed E-state index contributed by atoms with van der Waals surface area (Å²) >= 11 is 5.90. The SMILES string of the molecule is CN(C)S(=O)(=O)c1cc(C(=O)OCC(=O)NC(=O)NC(C)(C)C)ccc1Cl. The molecule has 0 aliphatic rings. The topological polar surface area (TPSA) is 122 Å². The molecule has 0 spiro atoms. The number of ether oxygens (including phenoxy) is 1. The Hall–Kier alpha value is -2.17. The third-order valence-electron chi connectivity index (χ3n) is 3.00. The van der Waals surface area contributed by atoms with Crippen molar-refractivity contribution in [3.05, 3.63) is 28.8 Å². The van der Waals surface area contributed by atoms with Crippen LogP contribution in [0.2, 0.25) is 5.02 Å². The highest BCUT2D eigenvalue weighted by Gasteiger charge is 2.23. The smallest absolute Gasteiger partial charge is 0.338 e. The van der Waals surface area contributed by atoms with Gasteiger partial charge in [0.1, 0.15) is 4.90 Å². The van der Waals surface area contributed by atoms with Crippen LogP contribution in [0.15, 0.2) is 23.1 Å². The summed E-state index contributed by atoms with van der Waals surface area (Å²) in [4.78, 5) is 35.0. The zero-order chi connectivity index (χ0) is 21.0. The van der Waals surface area contributed by atoms with Gasteiger partial charge in [-0.1, -0.05) is 11.6 Å². The molecule has 0 heterocycles. The molecule has 0 aliphatic carbocycles. The second kappa shape index (κ2) is 8.68. The van der Waals surface area contributed by atoms with E-state index in [4.69, 9.17) is 16.3 Å². The number of nitrogens with one attached hydrogen (secondary N) is 2. The predicted molar refractivity (Wildman–Crippen MR) is 99.0 cm³/mol. The molecule has 150 valence electrons. The quantitative estimate of drug-likeness (QED) is 0.695. The van der Waals surface area contributed by atoms with Crippen molar-refractivity contribution in [2.45, 2.75) is 31.2 Å². The number of urea groups is 1. The zero-order valence-electron chi connectivity index (χ0n) is 15.6. The molecule has 9 nitrogen and oxygen atoms in total. The van der Waals surface area contributed by atoms with Crippen LogP contribution in [0.1, 0.15) is 31.1 Å². The second-order valence-corrected chi connectivity index (χ2v) is 9.29. The number of sulfonamides is 1. The second-order valence-electron chi connectivity index (χ2n) is 6.76. The van der Waals surface area contributed by atoms with Crippen LogP contribution in [0.25, 0.3) is 0 Å². The molecule has 0 aromatic heterocycles. The fourth-order valence-corrected chi connectivity index (χ4v) is 3.17. The molecule has 11 heteroatoms. The zero-order valence-corrected chi connectivity index (χ0v) is 17.2. The molecular weight excluding hydrogens is 398 g/mol. The number of amides is 3. The molecule has 1 aromatic carbocycles. The van der Waals surface area contributed by atoms with Crippen molar-refractivity contribution in [2.75, 3.05) is 20.7 Å². The summed E-state index contributed by atoms with van der Waals surface area (Å²) in [6.07, 6.45) is 0. The van der Waals surface area contributed by atoms with E-state index in [9.17, 15) is 22.8 Å². The molecule has 0 unspecified atom stereocenters. The minimum Gasteiger partial charge on any atom is -0.452 e. The van der Waals surface area contributed by atoms with Crippen molar-refractivity contribution in [1.82, 2.24) is 14.9 Å². The Morgan fingerprint density at radius 3 is 2.30 bits per heavy atom. The van der Waals surface area contributed by atoms with Crippen LogP contribution in [0.4, 0.5) is 4.79 Å². The van der Waals surface area contributed by atoms with E-state index < -0.39 is 40.1 Å². The van der Waals surface area contributed by atoms with E-state index >= 15 is 0 Å². The van der Waals surface area contributed by atoms with Gasteiger partial charge >= 0.3 is 12.0 Å². The number of carbonyl (C=O) groups excluding carboxylic acids is 3. The van der Waals surface area contributed by atoms with E-state index in [1.54, 1.807) is 20.8 Å². The van der Waals surface area contributed by atoms with Crippen LogP contribution in [0.5, 0.6) is 0 Å². The molecule has 0 saturated carbocycles. The molecule has 0 radical (unpaired) electrons. The van der Waals surface area contributed by atoms with Crippen molar-refractivity contribution in [3.63, 3.8) is 0 Å². The highest BCUT2D eigenvalue weighted by Crippen LogP contribution is 2.25. The fraction of sp³-hybridized carbons (Fsp3) is 0.438. The maximum absolute atomic E-state index is 12.2. The average molecular weight is 420 g/mol. The minimum absolute atomic E-state index is 0.0585. The number of hydrogen-bond acceptors (Lipinski definition) is 6. The molecule has 2 N–H and O–H groups in total. The Morgan fingerprint density at radius 2 is 1.78 bits per heavy atom. The molecule has 0 atom stereocenters. The van der Waals surface area contributed by atoms with Crippen molar-refractivity contribution in [2.24, 2.45) is 0 Å². The number of nitrogens with zero attached hydrogens (tertiary/aromatic N) is 1. The van der Waals surface area contributed by atoms with Crippen molar-refractivity contribution in [3.8, 4) is 0 Å². The van der Waals surface area contributed by atoms with E-state index in [1.165, 1.54) is 26.2 Å². The molecule has 1 aromatic rings. The van der Waals surface area contributed by atoms with Gasteiger partial charge in [0.25, 0.3) is 5.91 Å². The van der Waals surface area contributed by atoms with Gasteiger partial charge in [0.15, 0.2) is 6.61 Å². The lowest BCUT2D eigenvalue weighted by Crippen LogP contribution is -2.49. The van der Waals surface area contributed by atoms with Crippen LogP contribution < -0.4 is 10.6 Å². The Kier molecular flexibility index (Phi) is 7.35. The number of carbonyl (C=O) groups is 3. The Balaban J connectivity index is 2.79. The van der Waals surface area contributed by atoms with E-state index in [0.29, 0.717) is 0 Å². The maximum atomic E-state index is 12.2. The molecule has 0 saturated heterocycles. The van der Waals surface area contributed by atoms with Gasteiger partial charge in [0.05, 0.1) is 10.6 Å². The minimum atomic E-state index is -3.87. The first-order valence-electron chi connectivity index (χ1n) is 7.75. The molecular formula is C16H22ClN3O6S. The molecule has 3 amide bonds. The van der Waals surface area contributed by atoms with Gasteiger partial charge in [-0.05, 0) is 39.0 Å². The first kappa shape index (κ1) is 22.9. The van der Waals surface area contributed by atoms with Crippen LogP contribution in [0, 0.1) is 0 Å². The van der Waals surface area contributed by atoms with Crippen molar-refractivity contribution in [1.29, 1.82) is 0 Å². The number of esters is 1. The number of rotatable bonds is 5. The summed E-state index contributed by atoms with van der Waals surface area (Å²) in [5, 5.41) is 4.47. The Labute approximate surface area is 163 Å². The van der Waals surface area contributed by atoms with Gasteiger partial charge in [0.2, 0.25) is 10.0 Å². The molecule has 1 rings (SSSR count). The molecule has 0 aliphatic heterocycles. The normalized spacial score (nSPS) is 11.8. The molecule has 0 bridgehead atoms. The van der Waals surface area contributed by atoms with E-state index in [2.05, 4.69) is 5.32 Å². The van der Waals surface area contributed by atoms with Gasteiger partial charge in [-0.3, -0.25) is 10.1 Å². The first-order chi connectivity index (χ1) is 12.2. The highest BCUT2D eigenvalue weighted by molar-refractivity contribution is 7.89. The van der Waals surface area contributed by atoms with Gasteiger partial charge in [-0.2, -0.15) is 0 Å². The highest BCUT2D eigenvalue weighted by atomic mass is 35.5. The summed E-state index contributed by atoms with van der Waals surface area (Å²) in [5.74, 6) is -1.77. The standard InChI is InChI=1S/C16H22ClN3O6S/c1-16(2,3)19-15(23)18-13(21)9-26-14(22)10-6-7-11(17)12(8-10)27(24,25)20(4)5/h6-8H,9H2,1-5H3,(H2,18,19,21,23). The Bertz CT molecular complexity index is 846. The van der Waals surface area contributed by atoms with Crippen LogP contribution >= 0.6 is 11.6 Å². The van der Waals surface area contributed by atoms with E-state index in [1.807, 2.05) is 5.32 Å². The molecule has 0 fully saturated rings. The largest absolute Gasteiger partial charge is 0.452 e.